The van der Waals surface area contributed by atoms with Crippen LogP contribution >= 0.6 is 0 Å². The summed E-state index contributed by atoms with van der Waals surface area (Å²) in [6.45, 7) is 0.243. The van der Waals surface area contributed by atoms with Gasteiger partial charge < -0.3 is 19.7 Å². The number of benzene rings is 1. The van der Waals surface area contributed by atoms with E-state index in [1.165, 1.54) is 12.1 Å². The Bertz CT molecular complexity index is 310. The summed E-state index contributed by atoms with van der Waals surface area (Å²) in [5.74, 6) is 1.22. The number of fused-ring (bicyclic) bond motifs is 1. The molecule has 4 heteroatoms. The first-order valence-corrected chi connectivity index (χ1v) is 4.03. The van der Waals surface area contributed by atoms with Crippen molar-refractivity contribution in [1.82, 2.24) is 0 Å². The van der Waals surface area contributed by atoms with Crippen LogP contribution in [0.4, 0.5) is 0 Å². The lowest BCUT2D eigenvalue weighted by atomic mass is 10.2. The molecule has 1 aliphatic rings. The topological polar surface area (TPSA) is 58.9 Å². The summed E-state index contributed by atoms with van der Waals surface area (Å²) in [5, 5.41) is 17.9. The van der Waals surface area contributed by atoms with Crippen molar-refractivity contribution in [3.05, 3.63) is 18.2 Å². The third kappa shape index (κ3) is 1.53. The van der Waals surface area contributed by atoms with E-state index in [0.717, 1.165) is 0 Å². The average molecular weight is 182 g/mol. The maximum Gasteiger partial charge on any atom is 0.165 e. The molecule has 4 nitrogen and oxygen atoms in total. The second-order valence-corrected chi connectivity index (χ2v) is 2.86. The maximum atomic E-state index is 9.13. The zero-order valence-electron chi connectivity index (χ0n) is 6.93. The van der Waals surface area contributed by atoms with E-state index in [4.69, 9.17) is 19.7 Å². The largest absolute Gasteiger partial charge is 0.508 e. The van der Waals surface area contributed by atoms with E-state index >= 15 is 0 Å². The lowest BCUT2D eigenvalue weighted by Gasteiger charge is -2.24. The van der Waals surface area contributed by atoms with Gasteiger partial charge in [-0.2, -0.15) is 0 Å². The van der Waals surface area contributed by atoms with Crippen molar-refractivity contribution in [2.24, 2.45) is 0 Å². The van der Waals surface area contributed by atoms with Crippen LogP contribution < -0.4 is 9.47 Å². The highest BCUT2D eigenvalue weighted by atomic mass is 16.6. The van der Waals surface area contributed by atoms with Gasteiger partial charge in [0.05, 0.1) is 6.61 Å². The third-order valence-corrected chi connectivity index (χ3v) is 1.85. The minimum atomic E-state index is -0.308. The van der Waals surface area contributed by atoms with Gasteiger partial charge in [-0.3, -0.25) is 0 Å². The van der Waals surface area contributed by atoms with Gasteiger partial charge in [0.2, 0.25) is 0 Å². The molecule has 1 aromatic carbocycles. The summed E-state index contributed by atoms with van der Waals surface area (Å²) >= 11 is 0. The molecular formula is C9H10O4. The summed E-state index contributed by atoms with van der Waals surface area (Å²) in [6, 6.07) is 4.62. The predicted molar refractivity (Wildman–Crippen MR) is 45.1 cm³/mol. The van der Waals surface area contributed by atoms with Crippen LogP contribution in [0.3, 0.4) is 0 Å². The Morgan fingerprint density at radius 1 is 1.38 bits per heavy atom. The lowest BCUT2D eigenvalue weighted by Crippen LogP contribution is -2.32. The molecule has 70 valence electrons. The van der Waals surface area contributed by atoms with Gasteiger partial charge in [0.25, 0.3) is 0 Å². The van der Waals surface area contributed by atoms with E-state index in [9.17, 15) is 0 Å². The van der Waals surface area contributed by atoms with Gasteiger partial charge in [0.1, 0.15) is 12.4 Å². The van der Waals surface area contributed by atoms with E-state index in [-0.39, 0.29) is 18.5 Å². The first kappa shape index (κ1) is 8.19. The monoisotopic (exact) mass is 182 g/mol. The predicted octanol–water partition coefficient (Wildman–Crippen LogP) is 0.524. The molecule has 2 rings (SSSR count). The summed E-state index contributed by atoms with van der Waals surface area (Å²) in [5.41, 5.74) is 0. The van der Waals surface area contributed by atoms with Crippen molar-refractivity contribution in [1.29, 1.82) is 0 Å². The van der Waals surface area contributed by atoms with Crippen LogP contribution in [0.25, 0.3) is 0 Å². The van der Waals surface area contributed by atoms with Crippen LogP contribution in [0.15, 0.2) is 18.2 Å². The SMILES string of the molecule is OC[C@@H]1COc2cc(O)ccc2O1. The van der Waals surface area contributed by atoms with E-state index in [0.29, 0.717) is 18.1 Å². The number of phenols is 1. The van der Waals surface area contributed by atoms with Crippen LogP contribution in [-0.4, -0.2) is 29.5 Å². The Kier molecular flexibility index (Phi) is 1.98. The summed E-state index contributed by atoms with van der Waals surface area (Å²) in [7, 11) is 0. The van der Waals surface area contributed by atoms with E-state index in [2.05, 4.69) is 0 Å². The lowest BCUT2D eigenvalue weighted by molar-refractivity contribution is 0.0454. The van der Waals surface area contributed by atoms with Crippen molar-refractivity contribution in [3.8, 4) is 17.2 Å². The van der Waals surface area contributed by atoms with Crippen LogP contribution in [0.5, 0.6) is 17.2 Å². The molecule has 1 aliphatic heterocycles. The van der Waals surface area contributed by atoms with Crippen LogP contribution in [0.2, 0.25) is 0 Å². The molecule has 0 aromatic heterocycles. The first-order chi connectivity index (χ1) is 6.29. The molecule has 13 heavy (non-hydrogen) atoms. The Balaban J connectivity index is 2.26. The van der Waals surface area contributed by atoms with Gasteiger partial charge in [-0.25, -0.2) is 0 Å². The highest BCUT2D eigenvalue weighted by Crippen LogP contribution is 2.34. The quantitative estimate of drug-likeness (QED) is 0.665. The second kappa shape index (κ2) is 3.14. The maximum absolute atomic E-state index is 9.13. The van der Waals surface area contributed by atoms with Crippen molar-refractivity contribution in [2.45, 2.75) is 6.10 Å². The minimum absolute atomic E-state index is 0.0691. The van der Waals surface area contributed by atoms with Gasteiger partial charge in [-0.15, -0.1) is 0 Å². The second-order valence-electron chi connectivity index (χ2n) is 2.86. The van der Waals surface area contributed by atoms with Crippen molar-refractivity contribution in [3.63, 3.8) is 0 Å². The Hall–Kier alpha value is -1.42. The molecule has 0 saturated heterocycles. The molecule has 0 saturated carbocycles. The fraction of sp³-hybridized carbons (Fsp3) is 0.333. The summed E-state index contributed by atoms with van der Waals surface area (Å²) in [4.78, 5) is 0. The minimum Gasteiger partial charge on any atom is -0.508 e. The number of rotatable bonds is 1. The molecule has 0 unspecified atom stereocenters. The summed E-state index contributed by atoms with van der Waals surface area (Å²) < 4.78 is 10.6. The van der Waals surface area contributed by atoms with Crippen LogP contribution in [0.1, 0.15) is 0 Å². The average Bonchev–Trinajstić information content (AvgIpc) is 2.17. The zero-order chi connectivity index (χ0) is 9.26. The van der Waals surface area contributed by atoms with Crippen LogP contribution in [-0.2, 0) is 0 Å². The molecule has 0 bridgehead atoms. The normalized spacial score (nSPS) is 19.9. The highest BCUT2D eigenvalue weighted by Gasteiger charge is 2.20. The number of aliphatic hydroxyl groups excluding tert-OH is 1. The van der Waals surface area contributed by atoms with Crippen molar-refractivity contribution < 1.29 is 19.7 Å². The van der Waals surface area contributed by atoms with E-state index in [1.807, 2.05) is 0 Å². The molecular weight excluding hydrogens is 172 g/mol. The van der Waals surface area contributed by atoms with E-state index in [1.54, 1.807) is 6.07 Å². The molecule has 2 N–H and O–H groups in total. The Labute approximate surface area is 75.3 Å². The van der Waals surface area contributed by atoms with Gasteiger partial charge >= 0.3 is 0 Å². The third-order valence-electron chi connectivity index (χ3n) is 1.85. The molecule has 0 spiro atoms. The number of aliphatic hydroxyl groups is 1. The molecule has 1 aromatic rings. The van der Waals surface area contributed by atoms with Gasteiger partial charge in [-0.05, 0) is 12.1 Å². The van der Waals surface area contributed by atoms with Gasteiger partial charge in [0.15, 0.2) is 17.6 Å². The van der Waals surface area contributed by atoms with Crippen molar-refractivity contribution >= 4 is 0 Å². The number of aromatic hydroxyl groups is 1. The number of hydrogen-bond acceptors (Lipinski definition) is 4. The fourth-order valence-electron chi connectivity index (χ4n) is 1.19. The molecule has 0 amide bonds. The van der Waals surface area contributed by atoms with Gasteiger partial charge in [0, 0.05) is 6.07 Å². The molecule has 1 atom stereocenters. The molecule has 1 heterocycles. The summed E-state index contributed by atoms with van der Waals surface area (Å²) in [6.07, 6.45) is -0.308. The molecule has 0 fully saturated rings. The molecule has 0 aliphatic carbocycles. The fourth-order valence-corrected chi connectivity index (χ4v) is 1.19. The smallest absolute Gasteiger partial charge is 0.165 e. The Morgan fingerprint density at radius 3 is 3.00 bits per heavy atom. The van der Waals surface area contributed by atoms with E-state index < -0.39 is 0 Å². The number of phenolic OH excluding ortho intramolecular Hbond substituents is 1. The molecule has 0 radical (unpaired) electrons. The number of hydrogen-bond donors (Lipinski definition) is 2. The van der Waals surface area contributed by atoms with Crippen LogP contribution in [0, 0.1) is 0 Å². The zero-order valence-corrected chi connectivity index (χ0v) is 6.93. The first-order valence-electron chi connectivity index (χ1n) is 4.03. The van der Waals surface area contributed by atoms with Crippen molar-refractivity contribution in [2.75, 3.05) is 13.2 Å². The standard InChI is InChI=1S/C9H10O4/c10-4-7-5-12-9-3-6(11)1-2-8(9)13-7/h1-3,7,10-11H,4-5H2/t7-/m1/s1. The van der Waals surface area contributed by atoms with Gasteiger partial charge in [-0.1, -0.05) is 0 Å². The Morgan fingerprint density at radius 2 is 2.23 bits per heavy atom. The highest BCUT2D eigenvalue weighted by molar-refractivity contribution is 5.45. The number of ether oxygens (including phenoxy) is 2.